The lowest BCUT2D eigenvalue weighted by Crippen LogP contribution is -2.03. The first-order valence-electron chi connectivity index (χ1n) is 4.73. The van der Waals surface area contributed by atoms with Gasteiger partial charge in [-0.1, -0.05) is 0 Å². The molecular weight excluding hydrogens is 196 g/mol. The van der Waals surface area contributed by atoms with E-state index < -0.39 is 0 Å². The predicted molar refractivity (Wildman–Crippen MR) is 57.6 cm³/mol. The van der Waals surface area contributed by atoms with E-state index >= 15 is 0 Å². The lowest BCUT2D eigenvalue weighted by molar-refractivity contribution is 0.301. The Labute approximate surface area is 88.0 Å². The van der Waals surface area contributed by atoms with Crippen molar-refractivity contribution < 1.29 is 4.74 Å². The highest BCUT2D eigenvalue weighted by Crippen LogP contribution is 2.28. The summed E-state index contributed by atoms with van der Waals surface area (Å²) in [5.74, 6) is 0.910. The number of nitrogens with two attached hydrogens (primary N) is 1. The number of aromatic nitrogens is 1. The van der Waals surface area contributed by atoms with Crippen LogP contribution in [0, 0.1) is 0 Å². The molecule has 1 aromatic rings. The van der Waals surface area contributed by atoms with Gasteiger partial charge in [0.1, 0.15) is 5.75 Å². The molecule has 1 aliphatic rings. The summed E-state index contributed by atoms with van der Waals surface area (Å²) in [6.45, 7) is 0.468. The Morgan fingerprint density at radius 1 is 1.57 bits per heavy atom. The number of thioether (sulfide) groups is 1. The lowest BCUT2D eigenvalue weighted by Gasteiger charge is -2.07. The fraction of sp³-hybridized carbons (Fsp3) is 0.500. The molecule has 0 amide bonds. The molecule has 1 aliphatic carbocycles. The molecule has 3 nitrogen and oxygen atoms in total. The Hall–Kier alpha value is -0.740. The van der Waals surface area contributed by atoms with Gasteiger partial charge in [-0.05, 0) is 19.1 Å². The van der Waals surface area contributed by atoms with Crippen molar-refractivity contribution in [2.24, 2.45) is 5.73 Å². The van der Waals surface area contributed by atoms with Gasteiger partial charge in [0.05, 0.1) is 16.8 Å². The van der Waals surface area contributed by atoms with Gasteiger partial charge in [0.25, 0.3) is 0 Å². The average Bonchev–Trinajstić information content (AvgIpc) is 3.01. The summed E-state index contributed by atoms with van der Waals surface area (Å²) in [5.41, 5.74) is 6.46. The van der Waals surface area contributed by atoms with E-state index in [0.717, 1.165) is 16.5 Å². The van der Waals surface area contributed by atoms with Crippen LogP contribution in [0.3, 0.4) is 0 Å². The van der Waals surface area contributed by atoms with E-state index in [1.54, 1.807) is 11.8 Å². The van der Waals surface area contributed by atoms with Gasteiger partial charge in [-0.15, -0.1) is 11.8 Å². The Bertz CT molecular complexity index is 304. The van der Waals surface area contributed by atoms with Crippen LogP contribution in [0.25, 0.3) is 0 Å². The second-order valence-electron chi connectivity index (χ2n) is 3.36. The summed E-state index contributed by atoms with van der Waals surface area (Å²) < 4.78 is 5.70. The normalized spacial score (nSPS) is 15.6. The molecule has 0 aromatic carbocycles. The van der Waals surface area contributed by atoms with E-state index in [1.165, 1.54) is 12.8 Å². The summed E-state index contributed by atoms with van der Waals surface area (Å²) in [6.07, 6.45) is 4.78. The van der Waals surface area contributed by atoms with Gasteiger partial charge < -0.3 is 10.5 Å². The molecule has 2 rings (SSSR count). The second-order valence-corrected chi connectivity index (χ2v) is 4.18. The summed E-state index contributed by atoms with van der Waals surface area (Å²) in [6, 6.07) is 3.90. The maximum absolute atomic E-state index is 5.70. The first kappa shape index (κ1) is 9.80. The molecule has 14 heavy (non-hydrogen) atoms. The fourth-order valence-corrected chi connectivity index (χ4v) is 1.63. The first-order chi connectivity index (χ1) is 6.81. The molecule has 0 atom stereocenters. The second kappa shape index (κ2) is 4.19. The minimum absolute atomic E-state index is 0.428. The molecule has 0 unspecified atom stereocenters. The number of nitrogens with zero attached hydrogens (tertiary/aromatic N) is 1. The minimum Gasteiger partial charge on any atom is -0.490 e. The van der Waals surface area contributed by atoms with Crippen LogP contribution in [0.15, 0.2) is 17.2 Å². The van der Waals surface area contributed by atoms with Gasteiger partial charge in [-0.3, -0.25) is 0 Å². The van der Waals surface area contributed by atoms with Crippen molar-refractivity contribution in [1.82, 2.24) is 4.98 Å². The minimum atomic E-state index is 0.428. The zero-order valence-corrected chi connectivity index (χ0v) is 9.01. The number of hydrogen-bond acceptors (Lipinski definition) is 4. The molecule has 1 saturated carbocycles. The lowest BCUT2D eigenvalue weighted by atomic mass is 10.3. The van der Waals surface area contributed by atoms with Crippen molar-refractivity contribution in [1.29, 1.82) is 0 Å². The third kappa shape index (κ3) is 2.39. The van der Waals surface area contributed by atoms with E-state index in [2.05, 4.69) is 4.98 Å². The van der Waals surface area contributed by atoms with E-state index in [0.29, 0.717) is 12.6 Å². The topological polar surface area (TPSA) is 48.1 Å². The van der Waals surface area contributed by atoms with E-state index in [-0.39, 0.29) is 0 Å². The number of hydrogen-bond donors (Lipinski definition) is 1. The monoisotopic (exact) mass is 210 g/mol. The van der Waals surface area contributed by atoms with Crippen molar-refractivity contribution in [3.8, 4) is 5.75 Å². The molecule has 0 radical (unpaired) electrons. The molecule has 2 N–H and O–H groups in total. The van der Waals surface area contributed by atoms with Crippen LogP contribution >= 0.6 is 11.8 Å². The van der Waals surface area contributed by atoms with Crippen LogP contribution in [-0.4, -0.2) is 17.3 Å². The molecular formula is C10H14N2OS. The Balaban J connectivity index is 2.19. The molecule has 4 heteroatoms. The summed E-state index contributed by atoms with van der Waals surface area (Å²) in [5, 5.41) is 0.976. The van der Waals surface area contributed by atoms with Crippen LogP contribution in [-0.2, 0) is 6.54 Å². The Kier molecular flexibility index (Phi) is 2.93. The van der Waals surface area contributed by atoms with Crippen LogP contribution in [0.2, 0.25) is 0 Å². The molecule has 1 fully saturated rings. The van der Waals surface area contributed by atoms with Gasteiger partial charge in [0.15, 0.2) is 0 Å². The SMILES string of the molecule is CSc1cc(OC2CC2)cc(CN)n1. The van der Waals surface area contributed by atoms with Crippen molar-refractivity contribution in [3.05, 3.63) is 17.8 Å². The first-order valence-corrected chi connectivity index (χ1v) is 5.96. The standard InChI is InChI=1S/C10H14N2OS/c1-14-10-5-9(13-8-2-3-8)4-7(6-11)12-10/h4-5,8H,2-3,6,11H2,1H3. The van der Waals surface area contributed by atoms with Gasteiger partial charge in [-0.2, -0.15) is 0 Å². The van der Waals surface area contributed by atoms with Crippen molar-refractivity contribution >= 4 is 11.8 Å². The summed E-state index contributed by atoms with van der Waals surface area (Å²) >= 11 is 1.61. The van der Waals surface area contributed by atoms with Crippen LogP contribution in [0.1, 0.15) is 18.5 Å². The van der Waals surface area contributed by atoms with E-state index in [9.17, 15) is 0 Å². The van der Waals surface area contributed by atoms with Crippen LogP contribution in [0.4, 0.5) is 0 Å². The van der Waals surface area contributed by atoms with Gasteiger partial charge in [0.2, 0.25) is 0 Å². The van der Waals surface area contributed by atoms with Crippen LogP contribution < -0.4 is 10.5 Å². The molecule has 1 heterocycles. The van der Waals surface area contributed by atoms with Crippen LogP contribution in [0.5, 0.6) is 5.75 Å². The average molecular weight is 210 g/mol. The van der Waals surface area contributed by atoms with Gasteiger partial charge in [-0.25, -0.2) is 4.98 Å². The third-order valence-corrected chi connectivity index (χ3v) is 2.70. The zero-order valence-electron chi connectivity index (χ0n) is 8.19. The van der Waals surface area contributed by atoms with Gasteiger partial charge in [0, 0.05) is 18.7 Å². The molecule has 0 saturated heterocycles. The summed E-state index contributed by atoms with van der Waals surface area (Å²) in [7, 11) is 0. The quantitative estimate of drug-likeness (QED) is 0.770. The van der Waals surface area contributed by atoms with Crippen molar-refractivity contribution in [3.63, 3.8) is 0 Å². The Morgan fingerprint density at radius 2 is 2.36 bits per heavy atom. The van der Waals surface area contributed by atoms with Crippen molar-refractivity contribution in [2.75, 3.05) is 6.26 Å². The Morgan fingerprint density at radius 3 is 2.93 bits per heavy atom. The molecule has 76 valence electrons. The highest BCUT2D eigenvalue weighted by Gasteiger charge is 2.23. The number of ether oxygens (including phenoxy) is 1. The maximum Gasteiger partial charge on any atom is 0.124 e. The summed E-state index contributed by atoms with van der Waals surface area (Å²) in [4.78, 5) is 4.36. The third-order valence-electron chi connectivity index (χ3n) is 2.07. The molecule has 0 spiro atoms. The molecule has 1 aromatic heterocycles. The predicted octanol–water partition coefficient (Wildman–Crippen LogP) is 1.80. The highest BCUT2D eigenvalue weighted by molar-refractivity contribution is 7.98. The van der Waals surface area contributed by atoms with E-state index in [1.807, 2.05) is 18.4 Å². The van der Waals surface area contributed by atoms with Crippen molar-refractivity contribution in [2.45, 2.75) is 30.5 Å². The van der Waals surface area contributed by atoms with Gasteiger partial charge >= 0.3 is 0 Å². The highest BCUT2D eigenvalue weighted by atomic mass is 32.2. The zero-order chi connectivity index (χ0) is 9.97. The number of pyridine rings is 1. The molecule has 0 aliphatic heterocycles. The molecule has 0 bridgehead atoms. The van der Waals surface area contributed by atoms with E-state index in [4.69, 9.17) is 10.5 Å². The number of rotatable bonds is 4. The largest absolute Gasteiger partial charge is 0.490 e. The fourth-order valence-electron chi connectivity index (χ4n) is 1.19. The maximum atomic E-state index is 5.70. The smallest absolute Gasteiger partial charge is 0.124 e.